The zero-order chi connectivity index (χ0) is 23.4. The number of benzene rings is 3. The molecule has 0 spiro atoms. The van der Waals surface area contributed by atoms with E-state index in [1.807, 2.05) is 72.2 Å². The number of methoxy groups -OCH3 is 1. The Kier molecular flexibility index (Phi) is 6.61. The molecule has 0 unspecified atom stereocenters. The summed E-state index contributed by atoms with van der Waals surface area (Å²) in [4.78, 5) is 12.4. The molecule has 4 aromatic rings. The molecule has 0 aliphatic carbocycles. The van der Waals surface area contributed by atoms with Crippen LogP contribution in [-0.2, 0) is 19.6 Å². The van der Waals surface area contributed by atoms with Crippen molar-refractivity contribution in [2.45, 2.75) is 26.6 Å². The Morgan fingerprint density at radius 2 is 1.85 bits per heavy atom. The second kappa shape index (κ2) is 9.76. The maximum atomic E-state index is 12.4. The molecule has 0 radical (unpaired) electrons. The highest BCUT2D eigenvalue weighted by Crippen LogP contribution is 2.29. The minimum atomic E-state index is -0.926. The van der Waals surface area contributed by atoms with Gasteiger partial charge in [-0.2, -0.15) is 0 Å². The van der Waals surface area contributed by atoms with Crippen molar-refractivity contribution in [3.8, 4) is 5.75 Å². The van der Waals surface area contributed by atoms with Crippen LogP contribution >= 0.6 is 0 Å². The number of fused-ring (bicyclic) bond motifs is 1. The van der Waals surface area contributed by atoms with Crippen LogP contribution in [-0.4, -0.2) is 22.8 Å². The highest BCUT2D eigenvalue weighted by Gasteiger charge is 2.22. The molecule has 2 N–H and O–H groups in total. The number of aromatic nitrogens is 1. The van der Waals surface area contributed by atoms with Crippen molar-refractivity contribution in [1.29, 1.82) is 0 Å². The number of ether oxygens (including phenoxy) is 1. The van der Waals surface area contributed by atoms with Crippen LogP contribution in [0.5, 0.6) is 5.75 Å². The van der Waals surface area contributed by atoms with Gasteiger partial charge >= 0.3 is 5.97 Å². The van der Waals surface area contributed by atoms with Crippen molar-refractivity contribution in [3.63, 3.8) is 0 Å². The molecule has 0 aliphatic rings. The SMILES string of the molecule is C=Cc1ccc(Cn2c(C(=O)O)c(CNCc3cccc(OC)c3)c3ccc(C)cc32)cc1. The molecule has 0 saturated carbocycles. The summed E-state index contributed by atoms with van der Waals surface area (Å²) in [7, 11) is 1.65. The van der Waals surface area contributed by atoms with Crippen LogP contribution in [0.15, 0.2) is 73.3 Å². The summed E-state index contributed by atoms with van der Waals surface area (Å²) >= 11 is 0. The third-order valence-electron chi connectivity index (χ3n) is 5.85. The molecule has 0 atom stereocenters. The first-order valence-corrected chi connectivity index (χ1v) is 10.9. The van der Waals surface area contributed by atoms with Gasteiger partial charge in [0.2, 0.25) is 0 Å². The van der Waals surface area contributed by atoms with Crippen LogP contribution < -0.4 is 10.1 Å². The number of carboxylic acid groups (broad SMARTS) is 1. The molecule has 0 saturated heterocycles. The molecule has 3 aromatic carbocycles. The predicted octanol–water partition coefficient (Wildman–Crippen LogP) is 5.64. The van der Waals surface area contributed by atoms with Gasteiger partial charge in [0.25, 0.3) is 0 Å². The normalized spacial score (nSPS) is 11.0. The van der Waals surface area contributed by atoms with E-state index in [1.165, 1.54) is 0 Å². The molecule has 0 bridgehead atoms. The second-order valence-electron chi connectivity index (χ2n) is 8.14. The Hall–Kier alpha value is -3.83. The quantitative estimate of drug-likeness (QED) is 0.354. The molecular weight excluding hydrogens is 412 g/mol. The minimum absolute atomic E-state index is 0.321. The molecule has 0 amide bonds. The van der Waals surface area contributed by atoms with E-state index in [4.69, 9.17) is 4.74 Å². The molecule has 1 heterocycles. The van der Waals surface area contributed by atoms with E-state index in [1.54, 1.807) is 13.2 Å². The Balaban J connectivity index is 1.69. The first-order valence-electron chi connectivity index (χ1n) is 10.9. The van der Waals surface area contributed by atoms with Crippen molar-refractivity contribution < 1.29 is 14.6 Å². The van der Waals surface area contributed by atoms with Crippen LogP contribution in [0, 0.1) is 6.92 Å². The lowest BCUT2D eigenvalue weighted by Gasteiger charge is -2.11. The molecule has 0 aliphatic heterocycles. The standard InChI is InChI=1S/C28H28N2O3/c1-4-20-9-11-21(12-10-20)18-30-26-14-19(2)8-13-24(26)25(27(30)28(31)32)17-29-16-22-6-5-7-23(15-22)33-3/h4-15,29H,1,16-18H2,2-3H3,(H,31,32). The molecule has 0 fully saturated rings. The van der Waals surface area contributed by atoms with Gasteiger partial charge < -0.3 is 19.7 Å². The third kappa shape index (κ3) is 4.83. The molecule has 4 rings (SSSR count). The lowest BCUT2D eigenvalue weighted by molar-refractivity contribution is 0.0684. The first-order chi connectivity index (χ1) is 16.0. The van der Waals surface area contributed by atoms with Crippen LogP contribution in [0.2, 0.25) is 0 Å². The van der Waals surface area contributed by atoms with Gasteiger partial charge in [-0.1, -0.05) is 61.2 Å². The van der Waals surface area contributed by atoms with E-state index in [0.717, 1.165) is 44.5 Å². The maximum Gasteiger partial charge on any atom is 0.352 e. The highest BCUT2D eigenvalue weighted by molar-refractivity contribution is 5.98. The number of hydrogen-bond acceptors (Lipinski definition) is 3. The average Bonchev–Trinajstić information content (AvgIpc) is 3.12. The number of rotatable bonds is 9. The highest BCUT2D eigenvalue weighted by atomic mass is 16.5. The van der Waals surface area contributed by atoms with Gasteiger partial charge in [0.05, 0.1) is 7.11 Å². The van der Waals surface area contributed by atoms with Gasteiger partial charge in [0.1, 0.15) is 11.4 Å². The molecule has 33 heavy (non-hydrogen) atoms. The third-order valence-corrected chi connectivity index (χ3v) is 5.85. The van der Waals surface area contributed by atoms with E-state index < -0.39 is 5.97 Å². The fourth-order valence-corrected chi connectivity index (χ4v) is 4.17. The van der Waals surface area contributed by atoms with Gasteiger partial charge in [-0.05, 0) is 47.4 Å². The summed E-state index contributed by atoms with van der Waals surface area (Å²) in [5, 5.41) is 14.6. The van der Waals surface area contributed by atoms with Crippen LogP contribution in [0.25, 0.3) is 17.0 Å². The summed E-state index contributed by atoms with van der Waals surface area (Å²) in [6, 6.07) is 22.0. The predicted molar refractivity (Wildman–Crippen MR) is 133 cm³/mol. The Morgan fingerprint density at radius 3 is 2.55 bits per heavy atom. The summed E-state index contributed by atoms with van der Waals surface area (Å²) in [6.07, 6.45) is 1.80. The van der Waals surface area contributed by atoms with Crippen molar-refractivity contribution in [3.05, 3.63) is 107 Å². The number of nitrogens with zero attached hydrogens (tertiary/aromatic N) is 1. The number of nitrogens with one attached hydrogen (secondary N) is 1. The van der Waals surface area contributed by atoms with Crippen molar-refractivity contribution >= 4 is 22.9 Å². The van der Waals surface area contributed by atoms with E-state index in [2.05, 4.69) is 18.0 Å². The molecular formula is C28H28N2O3. The zero-order valence-corrected chi connectivity index (χ0v) is 19.0. The lowest BCUT2D eigenvalue weighted by Crippen LogP contribution is -2.17. The number of aromatic carboxylic acids is 1. The zero-order valence-electron chi connectivity index (χ0n) is 19.0. The van der Waals surface area contributed by atoms with Crippen molar-refractivity contribution in [1.82, 2.24) is 9.88 Å². The Morgan fingerprint density at radius 1 is 1.06 bits per heavy atom. The molecule has 5 nitrogen and oxygen atoms in total. The van der Waals surface area contributed by atoms with E-state index in [-0.39, 0.29) is 0 Å². The molecule has 5 heteroatoms. The van der Waals surface area contributed by atoms with Crippen LogP contribution in [0.1, 0.15) is 38.3 Å². The van der Waals surface area contributed by atoms with Crippen molar-refractivity contribution in [2.24, 2.45) is 0 Å². The van der Waals surface area contributed by atoms with Crippen LogP contribution in [0.4, 0.5) is 0 Å². The lowest BCUT2D eigenvalue weighted by atomic mass is 10.1. The molecule has 1 aromatic heterocycles. The number of carbonyl (C=O) groups is 1. The smallest absolute Gasteiger partial charge is 0.352 e. The van der Waals surface area contributed by atoms with Crippen molar-refractivity contribution in [2.75, 3.05) is 7.11 Å². The van der Waals surface area contributed by atoms with Gasteiger partial charge in [-0.15, -0.1) is 0 Å². The summed E-state index contributed by atoms with van der Waals surface area (Å²) in [5.74, 6) is -0.125. The maximum absolute atomic E-state index is 12.4. The second-order valence-corrected chi connectivity index (χ2v) is 8.14. The number of aryl methyl sites for hydroxylation is 1. The fourth-order valence-electron chi connectivity index (χ4n) is 4.17. The monoisotopic (exact) mass is 440 g/mol. The fraction of sp³-hybridized carbons (Fsp3) is 0.179. The van der Waals surface area contributed by atoms with E-state index in [0.29, 0.717) is 25.3 Å². The van der Waals surface area contributed by atoms with Crippen LogP contribution in [0.3, 0.4) is 0 Å². The molecule has 168 valence electrons. The van der Waals surface area contributed by atoms with Gasteiger partial charge in [-0.3, -0.25) is 0 Å². The number of hydrogen-bond donors (Lipinski definition) is 2. The summed E-state index contributed by atoms with van der Waals surface area (Å²) < 4.78 is 7.21. The van der Waals surface area contributed by atoms with Gasteiger partial charge in [-0.25, -0.2) is 4.79 Å². The summed E-state index contributed by atoms with van der Waals surface area (Å²) in [6.45, 7) is 7.36. The van der Waals surface area contributed by atoms with Gasteiger partial charge in [0, 0.05) is 36.1 Å². The summed E-state index contributed by atoms with van der Waals surface area (Å²) in [5.41, 5.74) is 6.29. The topological polar surface area (TPSA) is 63.5 Å². The van der Waals surface area contributed by atoms with E-state index >= 15 is 0 Å². The van der Waals surface area contributed by atoms with Gasteiger partial charge in [0.15, 0.2) is 0 Å². The number of carboxylic acids is 1. The van der Waals surface area contributed by atoms with E-state index in [9.17, 15) is 9.90 Å². The average molecular weight is 441 g/mol. The first kappa shape index (κ1) is 22.4. The Bertz CT molecular complexity index is 1300. The minimum Gasteiger partial charge on any atom is -0.497 e. The largest absolute Gasteiger partial charge is 0.497 e. The Labute approximate surface area is 193 Å².